The topological polar surface area (TPSA) is 62.5 Å². The third-order valence-corrected chi connectivity index (χ3v) is 4.85. The number of carbonyl (C=O) groups excluding carboxylic acids is 1. The zero-order valence-electron chi connectivity index (χ0n) is 14.3. The van der Waals surface area contributed by atoms with Gasteiger partial charge in [-0.3, -0.25) is 4.79 Å². The van der Waals surface area contributed by atoms with E-state index in [1.165, 1.54) is 11.8 Å². The Bertz CT molecular complexity index is 703. The lowest BCUT2D eigenvalue weighted by Gasteiger charge is -2.32. The standard InChI is InChI=1S/C17H22N4O2S/c1-12-8-13(2)10-14(9-12)16-18-19-17(23-16)24-11-15(22)21-6-4-20(3)5-7-21/h8-10H,4-7,11H2,1-3H3. The summed E-state index contributed by atoms with van der Waals surface area (Å²) in [5, 5.41) is 8.59. The lowest BCUT2D eigenvalue weighted by atomic mass is 10.1. The minimum atomic E-state index is 0.124. The molecule has 0 bridgehead atoms. The minimum absolute atomic E-state index is 0.124. The third kappa shape index (κ3) is 4.15. The molecule has 1 amide bonds. The van der Waals surface area contributed by atoms with Gasteiger partial charge >= 0.3 is 0 Å². The van der Waals surface area contributed by atoms with Gasteiger partial charge in [-0.1, -0.05) is 29.0 Å². The van der Waals surface area contributed by atoms with Crippen molar-refractivity contribution in [3.05, 3.63) is 29.3 Å². The highest BCUT2D eigenvalue weighted by Crippen LogP contribution is 2.25. The number of carbonyl (C=O) groups is 1. The van der Waals surface area contributed by atoms with Crippen LogP contribution in [0.2, 0.25) is 0 Å². The van der Waals surface area contributed by atoms with Gasteiger partial charge in [-0.05, 0) is 33.0 Å². The van der Waals surface area contributed by atoms with Crippen LogP contribution in [0.4, 0.5) is 0 Å². The summed E-state index contributed by atoms with van der Waals surface area (Å²) >= 11 is 1.30. The van der Waals surface area contributed by atoms with E-state index in [9.17, 15) is 4.79 Å². The van der Waals surface area contributed by atoms with Gasteiger partial charge in [0.05, 0.1) is 5.75 Å². The summed E-state index contributed by atoms with van der Waals surface area (Å²) in [5.41, 5.74) is 3.22. The summed E-state index contributed by atoms with van der Waals surface area (Å²) in [6.07, 6.45) is 0. The molecule has 2 aromatic rings. The largest absolute Gasteiger partial charge is 0.411 e. The summed E-state index contributed by atoms with van der Waals surface area (Å²) in [5.74, 6) is 0.952. The van der Waals surface area contributed by atoms with E-state index in [4.69, 9.17) is 4.42 Å². The number of likely N-dealkylation sites (N-methyl/N-ethyl adjacent to an activating group) is 1. The first kappa shape index (κ1) is 17.0. The highest BCUT2D eigenvalue weighted by Gasteiger charge is 2.20. The molecule has 128 valence electrons. The van der Waals surface area contributed by atoms with Crippen molar-refractivity contribution in [1.82, 2.24) is 20.0 Å². The van der Waals surface area contributed by atoms with Crippen molar-refractivity contribution in [1.29, 1.82) is 0 Å². The summed E-state index contributed by atoms with van der Waals surface area (Å²) in [6.45, 7) is 7.50. The predicted molar refractivity (Wildman–Crippen MR) is 94.0 cm³/mol. The molecule has 0 radical (unpaired) electrons. The lowest BCUT2D eigenvalue weighted by Crippen LogP contribution is -2.47. The summed E-state index contributed by atoms with van der Waals surface area (Å²) in [6, 6.07) is 6.14. The lowest BCUT2D eigenvalue weighted by molar-refractivity contribution is -0.129. The number of aryl methyl sites for hydroxylation is 2. The average Bonchev–Trinajstić information content (AvgIpc) is 3.01. The van der Waals surface area contributed by atoms with E-state index in [0.717, 1.165) is 42.9 Å². The van der Waals surface area contributed by atoms with Crippen molar-refractivity contribution in [2.24, 2.45) is 0 Å². The molecule has 1 saturated heterocycles. The zero-order valence-corrected chi connectivity index (χ0v) is 15.1. The highest BCUT2D eigenvalue weighted by atomic mass is 32.2. The molecule has 7 heteroatoms. The first-order valence-corrected chi connectivity index (χ1v) is 9.01. The zero-order chi connectivity index (χ0) is 17.1. The van der Waals surface area contributed by atoms with Gasteiger partial charge in [-0.15, -0.1) is 10.2 Å². The number of benzene rings is 1. The Kier molecular flexibility index (Phi) is 5.20. The Morgan fingerprint density at radius 2 is 1.79 bits per heavy atom. The van der Waals surface area contributed by atoms with E-state index in [2.05, 4.69) is 28.2 Å². The molecule has 0 N–H and O–H groups in total. The Morgan fingerprint density at radius 3 is 2.46 bits per heavy atom. The van der Waals surface area contributed by atoms with E-state index in [1.54, 1.807) is 0 Å². The van der Waals surface area contributed by atoms with E-state index in [0.29, 0.717) is 16.9 Å². The normalized spacial score (nSPS) is 15.7. The number of hydrogen-bond acceptors (Lipinski definition) is 6. The second kappa shape index (κ2) is 7.36. The number of amides is 1. The second-order valence-corrected chi connectivity index (χ2v) is 7.15. The molecule has 24 heavy (non-hydrogen) atoms. The maximum absolute atomic E-state index is 12.2. The van der Waals surface area contributed by atoms with Crippen molar-refractivity contribution >= 4 is 17.7 Å². The number of nitrogens with zero attached hydrogens (tertiary/aromatic N) is 4. The number of aromatic nitrogens is 2. The number of rotatable bonds is 4. The number of piperazine rings is 1. The molecular weight excluding hydrogens is 324 g/mol. The van der Waals surface area contributed by atoms with Gasteiger partial charge in [0.1, 0.15) is 0 Å². The van der Waals surface area contributed by atoms with Gasteiger partial charge in [-0.25, -0.2) is 0 Å². The van der Waals surface area contributed by atoms with Gasteiger partial charge < -0.3 is 14.2 Å². The van der Waals surface area contributed by atoms with Crippen LogP contribution in [0.3, 0.4) is 0 Å². The summed E-state index contributed by atoms with van der Waals surface area (Å²) in [7, 11) is 2.07. The molecule has 0 atom stereocenters. The quantitative estimate of drug-likeness (QED) is 0.791. The highest BCUT2D eigenvalue weighted by molar-refractivity contribution is 7.99. The SMILES string of the molecule is Cc1cc(C)cc(-c2nnc(SCC(=O)N3CCN(C)CC3)o2)c1. The third-order valence-electron chi connectivity index (χ3n) is 4.05. The molecule has 3 rings (SSSR count). The monoisotopic (exact) mass is 346 g/mol. The van der Waals surface area contributed by atoms with Gasteiger partial charge in [0.2, 0.25) is 11.8 Å². The van der Waals surface area contributed by atoms with Gasteiger partial charge in [-0.2, -0.15) is 0 Å². The Hall–Kier alpha value is -1.86. The maximum atomic E-state index is 12.2. The first-order chi connectivity index (χ1) is 11.5. The molecule has 0 aliphatic carbocycles. The molecule has 1 aromatic heterocycles. The molecule has 1 aliphatic heterocycles. The minimum Gasteiger partial charge on any atom is -0.411 e. The van der Waals surface area contributed by atoms with Crippen LogP contribution >= 0.6 is 11.8 Å². The Labute approximate surface area is 146 Å². The van der Waals surface area contributed by atoms with E-state index in [1.807, 2.05) is 30.9 Å². The van der Waals surface area contributed by atoms with Crippen LogP contribution in [0.5, 0.6) is 0 Å². The molecule has 0 unspecified atom stereocenters. The summed E-state index contributed by atoms with van der Waals surface area (Å²) in [4.78, 5) is 16.4. The molecule has 0 saturated carbocycles. The van der Waals surface area contributed by atoms with E-state index in [-0.39, 0.29) is 5.91 Å². The van der Waals surface area contributed by atoms with E-state index < -0.39 is 0 Å². The maximum Gasteiger partial charge on any atom is 0.277 e. The predicted octanol–water partition coefficient (Wildman–Crippen LogP) is 2.22. The second-order valence-electron chi connectivity index (χ2n) is 6.22. The fourth-order valence-corrected chi connectivity index (χ4v) is 3.42. The van der Waals surface area contributed by atoms with Gasteiger partial charge in [0.15, 0.2) is 0 Å². The van der Waals surface area contributed by atoms with Crippen molar-refractivity contribution in [3.8, 4) is 11.5 Å². The van der Waals surface area contributed by atoms with Crippen molar-refractivity contribution < 1.29 is 9.21 Å². The summed E-state index contributed by atoms with van der Waals surface area (Å²) < 4.78 is 5.70. The average molecular weight is 346 g/mol. The molecule has 1 fully saturated rings. The Morgan fingerprint density at radius 1 is 1.12 bits per heavy atom. The first-order valence-electron chi connectivity index (χ1n) is 8.02. The van der Waals surface area contributed by atoms with Crippen LogP contribution in [-0.2, 0) is 4.79 Å². The van der Waals surface area contributed by atoms with Crippen molar-refractivity contribution in [2.45, 2.75) is 19.1 Å². The van der Waals surface area contributed by atoms with Crippen LogP contribution < -0.4 is 0 Å². The van der Waals surface area contributed by atoms with Crippen molar-refractivity contribution in [3.63, 3.8) is 0 Å². The number of thioether (sulfide) groups is 1. The fourth-order valence-electron chi connectivity index (χ4n) is 2.75. The Balaban J connectivity index is 1.59. The van der Waals surface area contributed by atoms with Crippen LogP contribution in [0.15, 0.2) is 27.8 Å². The number of hydrogen-bond donors (Lipinski definition) is 0. The van der Waals surface area contributed by atoms with Crippen LogP contribution in [0.1, 0.15) is 11.1 Å². The van der Waals surface area contributed by atoms with Gasteiger partial charge in [0.25, 0.3) is 5.22 Å². The molecule has 1 aliphatic rings. The molecule has 0 spiro atoms. The molecular formula is C17H22N4O2S. The van der Waals surface area contributed by atoms with Crippen molar-refractivity contribution in [2.75, 3.05) is 39.0 Å². The van der Waals surface area contributed by atoms with Crippen LogP contribution in [0, 0.1) is 13.8 Å². The smallest absolute Gasteiger partial charge is 0.277 e. The van der Waals surface area contributed by atoms with E-state index >= 15 is 0 Å². The molecule has 1 aromatic carbocycles. The van der Waals surface area contributed by atoms with Crippen LogP contribution in [-0.4, -0.2) is 64.9 Å². The fraction of sp³-hybridized carbons (Fsp3) is 0.471. The molecule has 2 heterocycles. The van der Waals surface area contributed by atoms with Crippen LogP contribution in [0.25, 0.3) is 11.5 Å². The van der Waals surface area contributed by atoms with Gasteiger partial charge in [0, 0.05) is 31.7 Å². The molecule has 6 nitrogen and oxygen atoms in total.